The molecule has 0 radical (unpaired) electrons. The normalized spacial score (nSPS) is 30.6. The Kier molecular flexibility index (Phi) is 2.01. The Labute approximate surface area is 67.9 Å². The molecule has 0 N–H and O–H groups in total. The predicted octanol–water partition coefficient (Wildman–Crippen LogP) is 1.15. The van der Waals surface area contributed by atoms with E-state index in [4.69, 9.17) is 4.18 Å². The summed E-state index contributed by atoms with van der Waals surface area (Å²) in [5.41, 5.74) is -0.0659. The summed E-state index contributed by atoms with van der Waals surface area (Å²) in [6.07, 6.45) is 0.499. The van der Waals surface area contributed by atoms with Crippen LogP contribution in [0, 0.1) is 5.41 Å². The van der Waals surface area contributed by atoms with Crippen molar-refractivity contribution >= 4 is 10.1 Å². The van der Waals surface area contributed by atoms with Crippen LogP contribution in [-0.4, -0.2) is 20.3 Å². The van der Waals surface area contributed by atoms with Gasteiger partial charge < -0.3 is 0 Å². The van der Waals surface area contributed by atoms with Gasteiger partial charge in [-0.3, -0.25) is 4.18 Å². The van der Waals surface area contributed by atoms with Crippen molar-refractivity contribution in [1.29, 1.82) is 0 Å². The van der Waals surface area contributed by atoms with E-state index in [0.29, 0.717) is 6.42 Å². The highest BCUT2D eigenvalue weighted by atomic mass is 32.2. The fourth-order valence-electron chi connectivity index (χ4n) is 1.10. The monoisotopic (exact) mass is 178 g/mol. The molecule has 1 rings (SSSR count). The predicted molar refractivity (Wildman–Crippen MR) is 42.7 cm³/mol. The summed E-state index contributed by atoms with van der Waals surface area (Å²) in [4.78, 5) is 0. The molecular formula is C7H14O3S. The molecule has 11 heavy (non-hydrogen) atoms. The lowest BCUT2D eigenvalue weighted by Gasteiger charge is -2.23. The van der Waals surface area contributed by atoms with Gasteiger partial charge in [-0.2, -0.15) is 8.42 Å². The van der Waals surface area contributed by atoms with Crippen molar-refractivity contribution in [2.75, 3.05) is 5.75 Å². The van der Waals surface area contributed by atoms with Gasteiger partial charge in [0.1, 0.15) is 0 Å². The zero-order valence-electron chi connectivity index (χ0n) is 7.12. The lowest BCUT2D eigenvalue weighted by molar-refractivity contribution is 0.111. The summed E-state index contributed by atoms with van der Waals surface area (Å²) in [7, 11) is -3.18. The topological polar surface area (TPSA) is 43.4 Å². The highest BCUT2D eigenvalue weighted by Crippen LogP contribution is 2.31. The molecule has 0 bridgehead atoms. The summed E-state index contributed by atoms with van der Waals surface area (Å²) < 4.78 is 26.6. The molecule has 1 aliphatic heterocycles. The van der Waals surface area contributed by atoms with Gasteiger partial charge in [0.05, 0.1) is 11.9 Å². The first-order valence-electron chi connectivity index (χ1n) is 3.72. The number of hydrogen-bond donors (Lipinski definition) is 0. The van der Waals surface area contributed by atoms with E-state index in [0.717, 1.165) is 0 Å². The second-order valence-electron chi connectivity index (χ2n) is 4.00. The van der Waals surface area contributed by atoms with E-state index >= 15 is 0 Å². The molecule has 0 aromatic heterocycles. The average Bonchev–Trinajstić information content (AvgIpc) is 2.07. The first-order valence-corrected chi connectivity index (χ1v) is 5.30. The first-order chi connectivity index (χ1) is 4.81. The molecule has 4 heteroatoms. The van der Waals surface area contributed by atoms with Gasteiger partial charge >= 0.3 is 0 Å². The van der Waals surface area contributed by atoms with E-state index in [1.54, 1.807) is 0 Å². The summed E-state index contributed by atoms with van der Waals surface area (Å²) in [5.74, 6) is 0.176. The molecule has 0 aromatic rings. The zero-order chi connectivity index (χ0) is 8.70. The van der Waals surface area contributed by atoms with Gasteiger partial charge in [-0.15, -0.1) is 0 Å². The third-order valence-electron chi connectivity index (χ3n) is 1.86. The summed E-state index contributed by atoms with van der Waals surface area (Å²) in [5, 5.41) is 0. The van der Waals surface area contributed by atoms with Crippen LogP contribution < -0.4 is 0 Å². The van der Waals surface area contributed by atoms with E-state index in [2.05, 4.69) is 0 Å². The van der Waals surface area contributed by atoms with Gasteiger partial charge in [-0.1, -0.05) is 20.8 Å². The van der Waals surface area contributed by atoms with Gasteiger partial charge in [0.15, 0.2) is 0 Å². The quantitative estimate of drug-likeness (QED) is 0.523. The largest absolute Gasteiger partial charge is 0.267 e. The SMILES string of the molecule is CC(C)(C)C1CCS(=O)(=O)O1. The fourth-order valence-corrected chi connectivity index (χ4v) is 2.44. The Hall–Kier alpha value is -0.0900. The highest BCUT2D eigenvalue weighted by Gasteiger charge is 2.36. The molecule has 1 unspecified atom stereocenters. The van der Waals surface area contributed by atoms with Crippen LogP contribution in [0.4, 0.5) is 0 Å². The Balaban J connectivity index is 2.70. The Morgan fingerprint density at radius 3 is 2.09 bits per heavy atom. The third kappa shape index (κ3) is 2.17. The van der Waals surface area contributed by atoms with Crippen LogP contribution in [0.15, 0.2) is 0 Å². The number of hydrogen-bond acceptors (Lipinski definition) is 3. The Morgan fingerprint density at radius 1 is 1.36 bits per heavy atom. The molecular weight excluding hydrogens is 164 g/mol. The van der Waals surface area contributed by atoms with Crippen molar-refractivity contribution in [2.24, 2.45) is 5.41 Å². The molecule has 0 spiro atoms. The average molecular weight is 178 g/mol. The van der Waals surface area contributed by atoms with Gasteiger partial charge in [0.25, 0.3) is 10.1 Å². The van der Waals surface area contributed by atoms with Crippen molar-refractivity contribution in [3.05, 3.63) is 0 Å². The third-order valence-corrected chi connectivity index (χ3v) is 3.12. The van der Waals surface area contributed by atoms with E-state index in [1.807, 2.05) is 20.8 Å². The Bertz CT molecular complexity index is 235. The van der Waals surface area contributed by atoms with Crippen molar-refractivity contribution in [3.8, 4) is 0 Å². The van der Waals surface area contributed by atoms with Crippen LogP contribution in [0.25, 0.3) is 0 Å². The van der Waals surface area contributed by atoms with Crippen LogP contribution in [0.1, 0.15) is 27.2 Å². The van der Waals surface area contributed by atoms with Gasteiger partial charge in [0.2, 0.25) is 0 Å². The van der Waals surface area contributed by atoms with Gasteiger partial charge in [-0.05, 0) is 11.8 Å². The minimum atomic E-state index is -3.18. The van der Waals surface area contributed by atoms with E-state index < -0.39 is 10.1 Å². The maximum absolute atomic E-state index is 10.9. The summed E-state index contributed by atoms with van der Waals surface area (Å²) in [6.45, 7) is 5.95. The second kappa shape index (κ2) is 2.45. The van der Waals surface area contributed by atoms with E-state index in [-0.39, 0.29) is 17.3 Å². The molecule has 66 valence electrons. The maximum atomic E-state index is 10.9. The van der Waals surface area contributed by atoms with Crippen molar-refractivity contribution in [1.82, 2.24) is 0 Å². The molecule has 0 saturated carbocycles. The molecule has 0 aromatic carbocycles. The van der Waals surface area contributed by atoms with Crippen molar-refractivity contribution < 1.29 is 12.6 Å². The van der Waals surface area contributed by atoms with Gasteiger partial charge in [-0.25, -0.2) is 0 Å². The zero-order valence-corrected chi connectivity index (χ0v) is 7.94. The van der Waals surface area contributed by atoms with E-state index in [9.17, 15) is 8.42 Å². The minimum Gasteiger partial charge on any atom is -0.266 e. The summed E-state index contributed by atoms with van der Waals surface area (Å²) >= 11 is 0. The second-order valence-corrected chi connectivity index (χ2v) is 5.72. The van der Waals surface area contributed by atoms with Crippen LogP contribution in [0.3, 0.4) is 0 Å². The molecule has 1 saturated heterocycles. The standard InChI is InChI=1S/C7H14O3S/c1-7(2,3)6-4-5-11(8,9)10-6/h6H,4-5H2,1-3H3. The molecule has 1 fully saturated rings. The minimum absolute atomic E-state index is 0.0659. The molecule has 0 aliphatic carbocycles. The summed E-state index contributed by atoms with van der Waals surface area (Å²) in [6, 6.07) is 0. The van der Waals surface area contributed by atoms with Gasteiger partial charge in [0, 0.05) is 0 Å². The van der Waals surface area contributed by atoms with Crippen molar-refractivity contribution in [3.63, 3.8) is 0 Å². The molecule has 0 amide bonds. The van der Waals surface area contributed by atoms with E-state index in [1.165, 1.54) is 0 Å². The maximum Gasteiger partial charge on any atom is 0.267 e. The lowest BCUT2D eigenvalue weighted by atomic mass is 9.88. The lowest BCUT2D eigenvalue weighted by Crippen LogP contribution is -2.25. The van der Waals surface area contributed by atoms with Crippen molar-refractivity contribution in [2.45, 2.75) is 33.3 Å². The number of rotatable bonds is 0. The molecule has 3 nitrogen and oxygen atoms in total. The molecule has 1 aliphatic rings. The van der Waals surface area contributed by atoms with Crippen LogP contribution >= 0.6 is 0 Å². The fraction of sp³-hybridized carbons (Fsp3) is 1.00. The highest BCUT2D eigenvalue weighted by molar-refractivity contribution is 7.86. The van der Waals surface area contributed by atoms with Crippen LogP contribution in [-0.2, 0) is 14.3 Å². The van der Waals surface area contributed by atoms with Crippen LogP contribution in [0.5, 0.6) is 0 Å². The van der Waals surface area contributed by atoms with Crippen LogP contribution in [0.2, 0.25) is 0 Å². The Morgan fingerprint density at radius 2 is 1.91 bits per heavy atom. The smallest absolute Gasteiger partial charge is 0.266 e. The molecule has 1 atom stereocenters. The first kappa shape index (κ1) is 9.00. The molecule has 1 heterocycles.